The van der Waals surface area contributed by atoms with Gasteiger partial charge in [0.2, 0.25) is 5.91 Å². The van der Waals surface area contributed by atoms with Gasteiger partial charge in [0.1, 0.15) is 0 Å². The molecule has 4 rings (SSSR count). The average molecular weight is 430 g/mol. The molecule has 0 bridgehead atoms. The van der Waals surface area contributed by atoms with Crippen LogP contribution in [0.1, 0.15) is 35.4 Å². The SMILES string of the molecule is O=C(NC(=S)Nc1ccc(CN2CCCC2)cc1)C(c1ccccc1)c1ccccc1. The third-order valence-electron chi connectivity index (χ3n) is 5.58. The summed E-state index contributed by atoms with van der Waals surface area (Å²) in [5, 5.41) is 6.31. The predicted molar refractivity (Wildman–Crippen MR) is 130 cm³/mol. The summed E-state index contributed by atoms with van der Waals surface area (Å²) in [4.78, 5) is 15.6. The summed E-state index contributed by atoms with van der Waals surface area (Å²) in [5.74, 6) is -0.578. The molecule has 1 aliphatic heterocycles. The van der Waals surface area contributed by atoms with Gasteiger partial charge in [0.25, 0.3) is 0 Å². The Morgan fingerprint density at radius 3 is 1.94 bits per heavy atom. The number of anilines is 1. The van der Waals surface area contributed by atoms with Crippen LogP contribution in [0.3, 0.4) is 0 Å². The Bertz CT molecular complexity index is 960. The number of carbonyl (C=O) groups excluding carboxylic acids is 1. The van der Waals surface area contributed by atoms with E-state index in [-0.39, 0.29) is 5.91 Å². The lowest BCUT2D eigenvalue weighted by molar-refractivity contribution is -0.120. The topological polar surface area (TPSA) is 44.4 Å². The van der Waals surface area contributed by atoms with Crippen LogP contribution in [0.15, 0.2) is 84.9 Å². The fourth-order valence-electron chi connectivity index (χ4n) is 4.03. The van der Waals surface area contributed by atoms with E-state index in [0.29, 0.717) is 5.11 Å². The number of hydrogen-bond donors (Lipinski definition) is 2. The highest BCUT2D eigenvalue weighted by Crippen LogP contribution is 2.25. The van der Waals surface area contributed by atoms with Gasteiger partial charge in [-0.25, -0.2) is 0 Å². The molecule has 5 heteroatoms. The quantitative estimate of drug-likeness (QED) is 0.546. The summed E-state index contributed by atoms with van der Waals surface area (Å²) in [7, 11) is 0. The van der Waals surface area contributed by atoms with E-state index in [1.807, 2.05) is 72.8 Å². The number of benzene rings is 3. The zero-order chi connectivity index (χ0) is 21.5. The molecule has 3 aromatic rings. The number of likely N-dealkylation sites (tertiary alicyclic amines) is 1. The van der Waals surface area contributed by atoms with Crippen LogP contribution in [0, 0.1) is 0 Å². The summed E-state index contributed by atoms with van der Waals surface area (Å²) in [6, 6.07) is 27.8. The first-order chi connectivity index (χ1) is 15.2. The number of thiocarbonyl (C=S) groups is 1. The van der Waals surface area contributed by atoms with E-state index in [9.17, 15) is 4.79 Å². The van der Waals surface area contributed by atoms with Crippen LogP contribution < -0.4 is 10.6 Å². The molecule has 4 nitrogen and oxygen atoms in total. The first kappa shape index (κ1) is 21.2. The van der Waals surface area contributed by atoms with E-state index >= 15 is 0 Å². The van der Waals surface area contributed by atoms with E-state index in [2.05, 4.69) is 27.7 Å². The molecule has 1 amide bonds. The van der Waals surface area contributed by atoms with Gasteiger partial charge in [0.15, 0.2) is 5.11 Å². The highest BCUT2D eigenvalue weighted by Gasteiger charge is 2.23. The van der Waals surface area contributed by atoms with Crippen LogP contribution in [0.5, 0.6) is 0 Å². The first-order valence-electron chi connectivity index (χ1n) is 10.7. The maximum atomic E-state index is 13.1. The molecule has 0 atom stereocenters. The second kappa shape index (κ2) is 10.3. The molecule has 158 valence electrons. The Kier molecular flexibility index (Phi) is 7.07. The normalized spacial score (nSPS) is 13.8. The minimum Gasteiger partial charge on any atom is -0.332 e. The Morgan fingerprint density at radius 2 is 1.39 bits per heavy atom. The van der Waals surface area contributed by atoms with Crippen molar-refractivity contribution in [1.29, 1.82) is 0 Å². The Balaban J connectivity index is 1.40. The molecule has 0 aromatic heterocycles. The van der Waals surface area contributed by atoms with E-state index in [1.54, 1.807) is 0 Å². The van der Waals surface area contributed by atoms with Crippen molar-refractivity contribution in [2.24, 2.45) is 0 Å². The highest BCUT2D eigenvalue weighted by atomic mass is 32.1. The highest BCUT2D eigenvalue weighted by molar-refractivity contribution is 7.80. The average Bonchev–Trinajstić information content (AvgIpc) is 3.30. The maximum Gasteiger partial charge on any atom is 0.238 e. The van der Waals surface area contributed by atoms with Crippen LogP contribution in [0.2, 0.25) is 0 Å². The molecule has 3 aromatic carbocycles. The van der Waals surface area contributed by atoms with Crippen LogP contribution in [0.25, 0.3) is 0 Å². The molecule has 0 saturated carbocycles. The number of rotatable bonds is 6. The zero-order valence-electron chi connectivity index (χ0n) is 17.5. The number of amides is 1. The van der Waals surface area contributed by atoms with E-state index in [1.165, 1.54) is 31.5 Å². The van der Waals surface area contributed by atoms with Gasteiger partial charge in [-0.15, -0.1) is 0 Å². The Morgan fingerprint density at radius 1 is 0.839 bits per heavy atom. The second-order valence-corrected chi connectivity index (χ2v) is 8.29. The third kappa shape index (κ3) is 5.78. The molecule has 31 heavy (non-hydrogen) atoms. The smallest absolute Gasteiger partial charge is 0.238 e. The van der Waals surface area contributed by atoms with Crippen LogP contribution >= 0.6 is 12.2 Å². The third-order valence-corrected chi connectivity index (χ3v) is 5.79. The van der Waals surface area contributed by atoms with Crippen molar-refractivity contribution in [3.63, 3.8) is 0 Å². The van der Waals surface area contributed by atoms with Gasteiger partial charge in [-0.2, -0.15) is 0 Å². The van der Waals surface area contributed by atoms with E-state index < -0.39 is 5.92 Å². The molecule has 1 saturated heterocycles. The fraction of sp³-hybridized carbons (Fsp3) is 0.231. The number of nitrogens with one attached hydrogen (secondary N) is 2. The molecule has 0 spiro atoms. The van der Waals surface area contributed by atoms with Crippen molar-refractivity contribution >= 4 is 28.9 Å². The predicted octanol–water partition coefficient (Wildman–Crippen LogP) is 4.93. The van der Waals surface area contributed by atoms with Crippen molar-refractivity contribution in [2.45, 2.75) is 25.3 Å². The molecule has 0 radical (unpaired) electrons. The number of nitrogens with zero attached hydrogens (tertiary/aromatic N) is 1. The van der Waals surface area contributed by atoms with Gasteiger partial charge >= 0.3 is 0 Å². The van der Waals surface area contributed by atoms with Crippen LogP contribution in [-0.4, -0.2) is 29.0 Å². The van der Waals surface area contributed by atoms with Crippen LogP contribution in [0.4, 0.5) is 5.69 Å². The molecule has 1 fully saturated rings. The second-order valence-electron chi connectivity index (χ2n) is 7.88. The minimum absolute atomic E-state index is 0.152. The summed E-state index contributed by atoms with van der Waals surface area (Å²) in [6.07, 6.45) is 2.58. The maximum absolute atomic E-state index is 13.1. The van der Waals surface area contributed by atoms with Gasteiger partial charge in [-0.05, 0) is 67.0 Å². The van der Waals surface area contributed by atoms with Gasteiger partial charge in [0.05, 0.1) is 5.92 Å². The molecular weight excluding hydrogens is 402 g/mol. The van der Waals surface area contributed by atoms with Crippen molar-refractivity contribution in [3.8, 4) is 0 Å². The summed E-state index contributed by atoms with van der Waals surface area (Å²) in [6.45, 7) is 3.34. The largest absolute Gasteiger partial charge is 0.332 e. The van der Waals surface area contributed by atoms with Gasteiger partial charge in [-0.3, -0.25) is 9.69 Å². The number of carbonyl (C=O) groups is 1. The van der Waals surface area contributed by atoms with Gasteiger partial charge in [-0.1, -0.05) is 72.8 Å². The summed E-state index contributed by atoms with van der Waals surface area (Å²) < 4.78 is 0. The van der Waals surface area contributed by atoms with Gasteiger partial charge < -0.3 is 10.6 Å². The van der Waals surface area contributed by atoms with Crippen molar-refractivity contribution in [1.82, 2.24) is 10.2 Å². The fourth-order valence-corrected chi connectivity index (χ4v) is 4.24. The van der Waals surface area contributed by atoms with Crippen molar-refractivity contribution < 1.29 is 4.79 Å². The van der Waals surface area contributed by atoms with E-state index in [4.69, 9.17) is 12.2 Å². The lowest BCUT2D eigenvalue weighted by Crippen LogP contribution is -2.37. The molecule has 0 unspecified atom stereocenters. The van der Waals surface area contributed by atoms with Crippen molar-refractivity contribution in [2.75, 3.05) is 18.4 Å². The lowest BCUT2D eigenvalue weighted by atomic mass is 9.90. The van der Waals surface area contributed by atoms with Gasteiger partial charge in [0, 0.05) is 12.2 Å². The Hall–Kier alpha value is -3.02. The van der Waals surface area contributed by atoms with E-state index in [0.717, 1.165) is 23.4 Å². The van der Waals surface area contributed by atoms with Crippen molar-refractivity contribution in [3.05, 3.63) is 102 Å². The zero-order valence-corrected chi connectivity index (χ0v) is 18.3. The number of hydrogen-bond acceptors (Lipinski definition) is 3. The Labute approximate surface area is 189 Å². The minimum atomic E-state index is -0.426. The monoisotopic (exact) mass is 429 g/mol. The molecular formula is C26H27N3OS. The van der Waals surface area contributed by atoms with Crippen LogP contribution in [-0.2, 0) is 11.3 Å². The summed E-state index contributed by atoms with van der Waals surface area (Å²) >= 11 is 5.43. The molecule has 0 aliphatic carbocycles. The molecule has 1 heterocycles. The standard InChI is InChI=1S/C26H27N3OS/c30-25(24(21-9-3-1-4-10-21)22-11-5-2-6-12-22)28-26(31)27-23-15-13-20(14-16-23)19-29-17-7-8-18-29/h1-6,9-16,24H,7-8,17-19H2,(H2,27,28,30,31). The molecule has 2 N–H and O–H groups in total. The molecule has 1 aliphatic rings. The summed E-state index contributed by atoms with van der Waals surface area (Å²) in [5.41, 5.74) is 4.02. The lowest BCUT2D eigenvalue weighted by Gasteiger charge is -2.19. The first-order valence-corrected chi connectivity index (χ1v) is 11.1.